The van der Waals surface area contributed by atoms with Crippen LogP contribution in [-0.2, 0) is 13.0 Å². The summed E-state index contributed by atoms with van der Waals surface area (Å²) in [7, 11) is 1.64. The number of aliphatic hydroxyl groups excluding tert-OH is 1. The van der Waals surface area contributed by atoms with Gasteiger partial charge in [0, 0.05) is 62.0 Å². The van der Waals surface area contributed by atoms with Crippen molar-refractivity contribution in [2.24, 2.45) is 0 Å². The van der Waals surface area contributed by atoms with Crippen LogP contribution in [0.25, 0.3) is 0 Å². The first-order chi connectivity index (χ1) is 15.0. The Hall–Kier alpha value is -1.87. The molecule has 2 N–H and O–H groups in total. The molecule has 1 saturated heterocycles. The SMILES string of the molecule is COc1cc(CNCCc2nc(C)cc(C)n2)ccc1OC[C@@H](O)CN1CCSCC1. The summed E-state index contributed by atoms with van der Waals surface area (Å²) in [4.78, 5) is 11.2. The lowest BCUT2D eigenvalue weighted by molar-refractivity contribution is 0.0705. The second-order valence-electron chi connectivity index (χ2n) is 7.86. The number of hydrogen-bond acceptors (Lipinski definition) is 8. The molecule has 31 heavy (non-hydrogen) atoms. The van der Waals surface area contributed by atoms with Crippen molar-refractivity contribution in [2.75, 3.05) is 51.4 Å². The molecular formula is C23H34N4O3S. The Morgan fingerprint density at radius 1 is 1.13 bits per heavy atom. The molecule has 1 aromatic heterocycles. The summed E-state index contributed by atoms with van der Waals surface area (Å²) in [5.74, 6) is 4.47. The van der Waals surface area contributed by atoms with Crippen molar-refractivity contribution in [1.82, 2.24) is 20.2 Å². The van der Waals surface area contributed by atoms with Gasteiger partial charge < -0.3 is 19.9 Å². The van der Waals surface area contributed by atoms with Crippen LogP contribution >= 0.6 is 11.8 Å². The summed E-state index contributed by atoms with van der Waals surface area (Å²) in [5, 5.41) is 13.7. The van der Waals surface area contributed by atoms with Crippen LogP contribution in [0.1, 0.15) is 22.8 Å². The smallest absolute Gasteiger partial charge is 0.161 e. The first-order valence-corrected chi connectivity index (χ1v) is 12.0. The van der Waals surface area contributed by atoms with Gasteiger partial charge in [-0.3, -0.25) is 4.90 Å². The molecule has 7 nitrogen and oxygen atoms in total. The molecule has 8 heteroatoms. The lowest BCUT2D eigenvalue weighted by Gasteiger charge is -2.28. The molecule has 2 aromatic rings. The number of aryl methyl sites for hydroxylation is 2. The minimum Gasteiger partial charge on any atom is -0.493 e. The number of ether oxygens (including phenoxy) is 2. The molecule has 0 aliphatic carbocycles. The van der Waals surface area contributed by atoms with Crippen molar-refractivity contribution < 1.29 is 14.6 Å². The predicted octanol–water partition coefficient (Wildman–Crippen LogP) is 2.22. The van der Waals surface area contributed by atoms with E-state index in [9.17, 15) is 5.11 Å². The van der Waals surface area contributed by atoms with Crippen LogP contribution in [0.5, 0.6) is 11.5 Å². The van der Waals surface area contributed by atoms with Crippen LogP contribution in [0, 0.1) is 13.8 Å². The van der Waals surface area contributed by atoms with Crippen LogP contribution in [-0.4, -0.2) is 77.5 Å². The number of rotatable bonds is 11. The molecule has 1 aromatic carbocycles. The quantitative estimate of drug-likeness (QED) is 0.509. The van der Waals surface area contributed by atoms with Crippen LogP contribution in [0.3, 0.4) is 0 Å². The normalized spacial score (nSPS) is 15.6. The Morgan fingerprint density at radius 2 is 1.87 bits per heavy atom. The molecule has 0 spiro atoms. The lowest BCUT2D eigenvalue weighted by atomic mass is 10.2. The topological polar surface area (TPSA) is 79.7 Å². The van der Waals surface area contributed by atoms with E-state index in [0.717, 1.165) is 66.9 Å². The summed E-state index contributed by atoms with van der Waals surface area (Å²) in [5.41, 5.74) is 3.11. The van der Waals surface area contributed by atoms with Crippen LogP contribution in [0.2, 0.25) is 0 Å². The van der Waals surface area contributed by atoms with Gasteiger partial charge in [-0.2, -0.15) is 11.8 Å². The molecule has 0 unspecified atom stereocenters. The number of nitrogens with zero attached hydrogens (tertiary/aromatic N) is 3. The van der Waals surface area contributed by atoms with Gasteiger partial charge in [-0.05, 0) is 37.6 Å². The number of thioether (sulfide) groups is 1. The van der Waals surface area contributed by atoms with Gasteiger partial charge in [0.15, 0.2) is 11.5 Å². The van der Waals surface area contributed by atoms with Gasteiger partial charge in [0.05, 0.1) is 7.11 Å². The second kappa shape index (κ2) is 12.2. The predicted molar refractivity (Wildman–Crippen MR) is 125 cm³/mol. The van der Waals surface area contributed by atoms with E-state index in [2.05, 4.69) is 20.2 Å². The third kappa shape index (κ3) is 7.96. The maximum Gasteiger partial charge on any atom is 0.161 e. The van der Waals surface area contributed by atoms with E-state index >= 15 is 0 Å². The molecule has 2 heterocycles. The van der Waals surface area contributed by atoms with E-state index in [0.29, 0.717) is 18.0 Å². The van der Waals surface area contributed by atoms with E-state index in [1.165, 1.54) is 0 Å². The Bertz CT molecular complexity index is 810. The van der Waals surface area contributed by atoms with E-state index in [1.54, 1.807) is 7.11 Å². The minimum atomic E-state index is -0.512. The molecule has 0 saturated carbocycles. The molecule has 1 aliphatic heterocycles. The van der Waals surface area contributed by atoms with Crippen molar-refractivity contribution >= 4 is 11.8 Å². The Kier molecular flexibility index (Phi) is 9.39. The van der Waals surface area contributed by atoms with Gasteiger partial charge in [0.25, 0.3) is 0 Å². The molecular weight excluding hydrogens is 412 g/mol. The lowest BCUT2D eigenvalue weighted by Crippen LogP contribution is -2.40. The highest BCUT2D eigenvalue weighted by Crippen LogP contribution is 2.28. The van der Waals surface area contributed by atoms with Crippen LogP contribution in [0.15, 0.2) is 24.3 Å². The van der Waals surface area contributed by atoms with Crippen LogP contribution < -0.4 is 14.8 Å². The maximum atomic E-state index is 10.3. The van der Waals surface area contributed by atoms with E-state index < -0.39 is 6.10 Å². The highest BCUT2D eigenvalue weighted by molar-refractivity contribution is 7.99. The molecule has 1 atom stereocenters. The van der Waals surface area contributed by atoms with E-state index in [4.69, 9.17) is 9.47 Å². The molecule has 1 aliphatic rings. The Morgan fingerprint density at radius 3 is 2.58 bits per heavy atom. The molecule has 0 radical (unpaired) electrons. The number of benzene rings is 1. The third-order valence-corrected chi connectivity index (χ3v) is 6.06. The maximum absolute atomic E-state index is 10.3. The van der Waals surface area contributed by atoms with Crippen molar-refractivity contribution in [3.63, 3.8) is 0 Å². The number of hydrogen-bond donors (Lipinski definition) is 2. The zero-order valence-corrected chi connectivity index (χ0v) is 19.6. The zero-order valence-electron chi connectivity index (χ0n) is 18.8. The van der Waals surface area contributed by atoms with Gasteiger partial charge in [-0.1, -0.05) is 6.07 Å². The first-order valence-electron chi connectivity index (χ1n) is 10.8. The summed E-state index contributed by atoms with van der Waals surface area (Å²) in [6, 6.07) is 7.89. The summed E-state index contributed by atoms with van der Waals surface area (Å²) < 4.78 is 11.4. The standard InChI is InChI=1S/C23H34N4O3S/c1-17-12-18(2)26-23(25-17)6-7-24-14-19-4-5-21(22(13-19)29-3)30-16-20(28)15-27-8-10-31-11-9-27/h4-5,12-13,20,24,28H,6-11,14-16H2,1-3H3/t20-/m0/s1. The zero-order chi connectivity index (χ0) is 22.1. The summed E-state index contributed by atoms with van der Waals surface area (Å²) >= 11 is 1.97. The Labute approximate surface area is 189 Å². The molecule has 3 rings (SSSR count). The molecule has 0 amide bonds. The average molecular weight is 447 g/mol. The molecule has 1 fully saturated rings. The van der Waals surface area contributed by atoms with Crippen molar-refractivity contribution in [3.05, 3.63) is 47.0 Å². The largest absolute Gasteiger partial charge is 0.493 e. The van der Waals surface area contributed by atoms with Crippen molar-refractivity contribution in [2.45, 2.75) is 32.9 Å². The number of methoxy groups -OCH3 is 1. The Balaban J connectivity index is 1.44. The summed E-state index contributed by atoms with van der Waals surface area (Å²) in [6.07, 6.45) is 0.274. The van der Waals surface area contributed by atoms with Crippen LogP contribution in [0.4, 0.5) is 0 Å². The summed E-state index contributed by atoms with van der Waals surface area (Å²) in [6.45, 7) is 8.47. The molecule has 0 bridgehead atoms. The van der Waals surface area contributed by atoms with Gasteiger partial charge >= 0.3 is 0 Å². The first kappa shape index (κ1) is 23.8. The van der Waals surface area contributed by atoms with Gasteiger partial charge in [-0.15, -0.1) is 0 Å². The van der Waals surface area contributed by atoms with Crippen molar-refractivity contribution in [3.8, 4) is 11.5 Å². The van der Waals surface area contributed by atoms with E-state index in [-0.39, 0.29) is 6.61 Å². The van der Waals surface area contributed by atoms with Crippen molar-refractivity contribution in [1.29, 1.82) is 0 Å². The monoisotopic (exact) mass is 446 g/mol. The number of aromatic nitrogens is 2. The van der Waals surface area contributed by atoms with Gasteiger partial charge in [-0.25, -0.2) is 9.97 Å². The highest BCUT2D eigenvalue weighted by atomic mass is 32.2. The fraction of sp³-hybridized carbons (Fsp3) is 0.565. The van der Waals surface area contributed by atoms with Gasteiger partial charge in [0.1, 0.15) is 18.5 Å². The fourth-order valence-electron chi connectivity index (χ4n) is 3.61. The molecule has 170 valence electrons. The minimum absolute atomic E-state index is 0.257. The third-order valence-electron chi connectivity index (χ3n) is 5.12. The average Bonchev–Trinajstić information content (AvgIpc) is 2.75. The van der Waals surface area contributed by atoms with Gasteiger partial charge in [0.2, 0.25) is 0 Å². The highest BCUT2D eigenvalue weighted by Gasteiger charge is 2.16. The fourth-order valence-corrected chi connectivity index (χ4v) is 4.58. The number of β-amino-alcohol motifs (C(OH)–C–C–N with tert-alkyl or cyclic N) is 1. The number of aliphatic hydroxyl groups is 1. The van der Waals surface area contributed by atoms with E-state index in [1.807, 2.05) is 49.9 Å². The number of nitrogens with one attached hydrogen (secondary N) is 1. The second-order valence-corrected chi connectivity index (χ2v) is 9.08.